The van der Waals surface area contributed by atoms with Crippen molar-refractivity contribution in [3.8, 4) is 11.8 Å². The van der Waals surface area contributed by atoms with E-state index in [1.807, 2.05) is 48.9 Å². The van der Waals surface area contributed by atoms with Crippen molar-refractivity contribution in [2.45, 2.75) is 32.9 Å². The van der Waals surface area contributed by atoms with Gasteiger partial charge in [0.05, 0.1) is 24.8 Å². The fourth-order valence-electron chi connectivity index (χ4n) is 2.92. The van der Waals surface area contributed by atoms with Gasteiger partial charge in [-0.1, -0.05) is 18.2 Å². The summed E-state index contributed by atoms with van der Waals surface area (Å²) in [7, 11) is 0. The molecule has 0 atom stereocenters. The van der Waals surface area contributed by atoms with Crippen molar-refractivity contribution in [3.63, 3.8) is 0 Å². The number of hydrogen-bond acceptors (Lipinski definition) is 4. The zero-order valence-corrected chi connectivity index (χ0v) is 15.9. The Balaban J connectivity index is 1.70. The molecule has 0 saturated carbocycles. The van der Waals surface area contributed by atoms with Crippen molar-refractivity contribution in [3.05, 3.63) is 65.9 Å². The zero-order valence-electron chi connectivity index (χ0n) is 15.9. The number of nitriles is 1. The van der Waals surface area contributed by atoms with Crippen LogP contribution in [0.4, 0.5) is 0 Å². The van der Waals surface area contributed by atoms with E-state index in [4.69, 9.17) is 10.00 Å². The van der Waals surface area contributed by atoms with Crippen LogP contribution in [0.2, 0.25) is 0 Å². The molecule has 0 bridgehead atoms. The molecule has 0 spiro atoms. The molecule has 28 heavy (non-hydrogen) atoms. The number of carbonyl (C=O) groups excluding carboxylic acids is 1. The first-order chi connectivity index (χ1) is 13.6. The van der Waals surface area contributed by atoms with E-state index in [0.29, 0.717) is 18.5 Å². The number of amides is 1. The Morgan fingerprint density at radius 1 is 1.25 bits per heavy atom. The normalized spacial score (nSPS) is 11.1. The number of fused-ring (bicyclic) bond motifs is 1. The Morgan fingerprint density at radius 2 is 2.00 bits per heavy atom. The van der Waals surface area contributed by atoms with Crippen LogP contribution in [-0.4, -0.2) is 22.8 Å². The first kappa shape index (κ1) is 19.2. The highest BCUT2D eigenvalue weighted by molar-refractivity contribution is 6.00. The molecule has 1 aromatic heterocycles. The quantitative estimate of drug-likeness (QED) is 0.499. The van der Waals surface area contributed by atoms with Crippen LogP contribution in [0.25, 0.3) is 10.9 Å². The minimum absolute atomic E-state index is 0.0829. The smallest absolute Gasteiger partial charge is 0.271 e. The number of carbonyl (C=O) groups is 1. The van der Waals surface area contributed by atoms with Crippen molar-refractivity contribution in [2.75, 3.05) is 0 Å². The van der Waals surface area contributed by atoms with Gasteiger partial charge in [-0.15, -0.1) is 0 Å². The van der Waals surface area contributed by atoms with E-state index >= 15 is 0 Å². The van der Waals surface area contributed by atoms with Crippen LogP contribution in [0, 0.1) is 11.3 Å². The minimum Gasteiger partial charge on any atom is -0.491 e. The third kappa shape index (κ3) is 4.57. The first-order valence-electron chi connectivity index (χ1n) is 9.13. The molecule has 0 unspecified atom stereocenters. The van der Waals surface area contributed by atoms with E-state index < -0.39 is 0 Å². The molecule has 3 rings (SSSR count). The lowest BCUT2D eigenvalue weighted by molar-refractivity contribution is 0.0955. The van der Waals surface area contributed by atoms with Crippen LogP contribution < -0.4 is 10.2 Å². The van der Waals surface area contributed by atoms with Gasteiger partial charge in [0.15, 0.2) is 0 Å². The summed E-state index contributed by atoms with van der Waals surface area (Å²) in [6.07, 6.45) is 4.08. The highest BCUT2D eigenvalue weighted by atomic mass is 16.5. The number of ether oxygens (including phenoxy) is 1. The molecular weight excluding hydrogens is 352 g/mol. The van der Waals surface area contributed by atoms with Crippen molar-refractivity contribution < 1.29 is 9.53 Å². The van der Waals surface area contributed by atoms with Crippen molar-refractivity contribution >= 4 is 23.0 Å². The number of nitrogens with zero attached hydrogens (tertiary/aromatic N) is 3. The summed E-state index contributed by atoms with van der Waals surface area (Å²) in [5, 5.41) is 14.0. The van der Waals surface area contributed by atoms with Gasteiger partial charge in [0.25, 0.3) is 5.91 Å². The Bertz CT molecular complexity index is 1030. The summed E-state index contributed by atoms with van der Waals surface area (Å²) >= 11 is 0. The highest BCUT2D eigenvalue weighted by Crippen LogP contribution is 2.20. The van der Waals surface area contributed by atoms with E-state index in [9.17, 15) is 4.79 Å². The van der Waals surface area contributed by atoms with E-state index in [2.05, 4.69) is 16.6 Å². The lowest BCUT2D eigenvalue weighted by Gasteiger charge is -2.09. The average Bonchev–Trinajstić information content (AvgIpc) is 3.04. The van der Waals surface area contributed by atoms with Crippen LogP contribution in [0.1, 0.15) is 36.2 Å². The number of rotatable bonds is 7. The van der Waals surface area contributed by atoms with Crippen LogP contribution in [0.15, 0.2) is 59.8 Å². The maximum absolute atomic E-state index is 12.3. The van der Waals surface area contributed by atoms with Gasteiger partial charge in [-0.3, -0.25) is 4.79 Å². The second-order valence-corrected chi connectivity index (χ2v) is 6.59. The summed E-state index contributed by atoms with van der Waals surface area (Å²) in [4.78, 5) is 12.3. The van der Waals surface area contributed by atoms with E-state index in [1.165, 1.54) is 0 Å². The van der Waals surface area contributed by atoms with Gasteiger partial charge in [-0.2, -0.15) is 10.4 Å². The van der Waals surface area contributed by atoms with Gasteiger partial charge in [0, 0.05) is 34.8 Å². The van der Waals surface area contributed by atoms with E-state index in [1.54, 1.807) is 30.5 Å². The SMILES string of the molecule is CC(C)Oc1ccc(C(=O)N/N=C\c2cn(CCC#N)c3ccccc23)cc1. The molecule has 6 nitrogen and oxygen atoms in total. The molecule has 0 radical (unpaired) electrons. The first-order valence-corrected chi connectivity index (χ1v) is 9.13. The van der Waals surface area contributed by atoms with Crippen LogP contribution in [-0.2, 0) is 6.54 Å². The monoisotopic (exact) mass is 374 g/mol. The van der Waals surface area contributed by atoms with Gasteiger partial charge >= 0.3 is 0 Å². The second-order valence-electron chi connectivity index (χ2n) is 6.59. The number of para-hydroxylation sites is 1. The topological polar surface area (TPSA) is 79.4 Å². The average molecular weight is 374 g/mol. The molecule has 1 N–H and O–H groups in total. The van der Waals surface area contributed by atoms with Crippen LogP contribution in [0.5, 0.6) is 5.75 Å². The summed E-state index contributed by atoms with van der Waals surface area (Å²) < 4.78 is 7.60. The molecule has 6 heteroatoms. The third-order valence-corrected chi connectivity index (χ3v) is 4.14. The molecule has 142 valence electrons. The minimum atomic E-state index is -0.291. The number of aryl methyl sites for hydroxylation is 1. The Hall–Kier alpha value is -3.59. The number of hydrazone groups is 1. The summed E-state index contributed by atoms with van der Waals surface area (Å²) in [6, 6.07) is 17.0. The highest BCUT2D eigenvalue weighted by Gasteiger charge is 2.08. The molecule has 2 aromatic carbocycles. The van der Waals surface area contributed by atoms with Gasteiger partial charge in [-0.25, -0.2) is 5.43 Å². The van der Waals surface area contributed by atoms with E-state index in [0.717, 1.165) is 22.2 Å². The number of nitrogens with one attached hydrogen (secondary N) is 1. The van der Waals surface area contributed by atoms with Crippen molar-refractivity contribution in [2.24, 2.45) is 5.10 Å². The van der Waals surface area contributed by atoms with Gasteiger partial charge in [0.1, 0.15) is 5.75 Å². The maximum atomic E-state index is 12.3. The standard InChI is InChI=1S/C22H22N4O2/c1-16(2)28-19-10-8-17(9-11-19)22(27)25-24-14-18-15-26(13-5-12-23)21-7-4-3-6-20(18)21/h3-4,6-11,14-16H,5,13H2,1-2H3,(H,25,27)/b24-14-. The largest absolute Gasteiger partial charge is 0.491 e. The van der Waals surface area contributed by atoms with Gasteiger partial charge in [-0.05, 0) is 44.2 Å². The summed E-state index contributed by atoms with van der Waals surface area (Å²) in [5.74, 6) is 0.431. The summed E-state index contributed by atoms with van der Waals surface area (Å²) in [6.45, 7) is 4.52. The maximum Gasteiger partial charge on any atom is 0.271 e. The van der Waals surface area contributed by atoms with Gasteiger partial charge < -0.3 is 9.30 Å². The lowest BCUT2D eigenvalue weighted by atomic mass is 10.2. The molecule has 0 fully saturated rings. The predicted molar refractivity (Wildman–Crippen MR) is 109 cm³/mol. The molecular formula is C22H22N4O2. The fourth-order valence-corrected chi connectivity index (χ4v) is 2.92. The fraction of sp³-hybridized carbons (Fsp3) is 0.227. The third-order valence-electron chi connectivity index (χ3n) is 4.14. The Morgan fingerprint density at radius 3 is 2.71 bits per heavy atom. The number of benzene rings is 2. The van der Waals surface area contributed by atoms with Crippen LogP contribution >= 0.6 is 0 Å². The molecule has 0 saturated heterocycles. The second kappa shape index (κ2) is 8.87. The van der Waals surface area contributed by atoms with Crippen molar-refractivity contribution in [1.29, 1.82) is 5.26 Å². The Kier molecular flexibility index (Phi) is 6.07. The molecule has 0 aliphatic heterocycles. The molecule has 1 heterocycles. The number of hydrogen-bond donors (Lipinski definition) is 1. The van der Waals surface area contributed by atoms with Crippen molar-refractivity contribution in [1.82, 2.24) is 9.99 Å². The van der Waals surface area contributed by atoms with E-state index in [-0.39, 0.29) is 12.0 Å². The summed E-state index contributed by atoms with van der Waals surface area (Å²) in [5.41, 5.74) is 4.97. The van der Waals surface area contributed by atoms with Gasteiger partial charge in [0.2, 0.25) is 0 Å². The Labute approximate surface area is 164 Å². The molecule has 0 aliphatic carbocycles. The molecule has 3 aromatic rings. The molecule has 1 amide bonds. The predicted octanol–water partition coefficient (Wildman–Crippen LogP) is 4.11. The number of aromatic nitrogens is 1. The van der Waals surface area contributed by atoms with Crippen LogP contribution in [0.3, 0.4) is 0 Å². The molecule has 0 aliphatic rings. The zero-order chi connectivity index (χ0) is 19.9. The lowest BCUT2D eigenvalue weighted by Crippen LogP contribution is -2.17.